The van der Waals surface area contributed by atoms with Gasteiger partial charge >= 0.3 is 0 Å². The van der Waals surface area contributed by atoms with E-state index in [-0.39, 0.29) is 24.7 Å². The zero-order valence-electron chi connectivity index (χ0n) is 16.2. The Morgan fingerprint density at radius 1 is 1.24 bits per heavy atom. The lowest BCUT2D eigenvalue weighted by Gasteiger charge is -2.07. The molecule has 10 heteroatoms. The summed E-state index contributed by atoms with van der Waals surface area (Å²) in [7, 11) is 1.56. The van der Waals surface area contributed by atoms with Gasteiger partial charge < -0.3 is 19.0 Å². The fourth-order valence-electron chi connectivity index (χ4n) is 2.34. The lowest BCUT2D eigenvalue weighted by Crippen LogP contribution is -2.10. The van der Waals surface area contributed by atoms with Crippen molar-refractivity contribution in [2.24, 2.45) is 0 Å². The first-order chi connectivity index (χ1) is 14.0. The van der Waals surface area contributed by atoms with Gasteiger partial charge in [-0.15, -0.1) is 10.2 Å². The first kappa shape index (κ1) is 22.1. The molecule has 0 bridgehead atoms. The summed E-state index contributed by atoms with van der Waals surface area (Å²) in [6.07, 6.45) is 0. The number of hydrogen-bond donors (Lipinski definition) is 2. The Kier molecular flexibility index (Phi) is 8.31. The first-order valence-electron chi connectivity index (χ1n) is 8.46. The number of anilines is 1. The Balaban J connectivity index is 0.000000941. The monoisotopic (exact) mass is 419 g/mol. The molecule has 154 valence electrons. The summed E-state index contributed by atoms with van der Waals surface area (Å²) in [5, 5.41) is 18.6. The molecule has 2 N–H and O–H groups in total. The quantitative estimate of drug-likeness (QED) is 0.558. The molecule has 0 unspecified atom stereocenters. The first-order valence-corrected chi connectivity index (χ1v) is 9.27. The maximum absolute atomic E-state index is 12.2. The number of carbonyl (C=O) groups is 2. The number of methoxy groups -OCH3 is 1. The third-order valence-electron chi connectivity index (χ3n) is 3.54. The molecule has 2 heterocycles. The standard InChI is InChI=1S/C18H19N3O4S.CH2O2/c1-11-4-6-14(12(2)8-11)24-10-16-20-21-18(26-16)19-17(22)15-7-5-13(25-15)9-23-3;2-1-3/h4-8H,9-10H2,1-3H3,(H,19,21,22);1H,(H,2,3). The van der Waals surface area contributed by atoms with Crippen LogP contribution < -0.4 is 10.1 Å². The van der Waals surface area contributed by atoms with Crippen molar-refractivity contribution >= 4 is 28.8 Å². The van der Waals surface area contributed by atoms with Crippen molar-refractivity contribution in [3.05, 3.63) is 58.0 Å². The van der Waals surface area contributed by atoms with Crippen molar-refractivity contribution in [3.8, 4) is 5.75 Å². The fraction of sp³-hybridized carbons (Fsp3) is 0.263. The molecule has 0 atom stereocenters. The van der Waals surface area contributed by atoms with E-state index in [1.54, 1.807) is 19.2 Å². The van der Waals surface area contributed by atoms with Gasteiger partial charge in [0.1, 0.15) is 24.7 Å². The van der Waals surface area contributed by atoms with Crippen molar-refractivity contribution in [2.45, 2.75) is 27.1 Å². The maximum atomic E-state index is 12.2. The number of rotatable bonds is 7. The van der Waals surface area contributed by atoms with Crippen molar-refractivity contribution in [2.75, 3.05) is 12.4 Å². The van der Waals surface area contributed by atoms with Crippen LogP contribution in [0.1, 0.15) is 32.4 Å². The molecule has 0 fully saturated rings. The zero-order chi connectivity index (χ0) is 21.2. The molecule has 3 aromatic rings. The summed E-state index contributed by atoms with van der Waals surface area (Å²) in [5.74, 6) is 1.20. The van der Waals surface area contributed by atoms with Gasteiger partial charge in [0.25, 0.3) is 12.4 Å². The van der Waals surface area contributed by atoms with Crippen LogP contribution in [0.3, 0.4) is 0 Å². The number of nitrogens with zero attached hydrogens (tertiary/aromatic N) is 2. The fourth-order valence-corrected chi connectivity index (χ4v) is 2.99. The van der Waals surface area contributed by atoms with Crippen LogP contribution in [0.25, 0.3) is 0 Å². The number of hydrogen-bond acceptors (Lipinski definition) is 8. The third kappa shape index (κ3) is 6.70. The van der Waals surface area contributed by atoms with E-state index in [0.717, 1.165) is 11.3 Å². The second kappa shape index (κ2) is 10.9. The Morgan fingerprint density at radius 3 is 2.69 bits per heavy atom. The van der Waals surface area contributed by atoms with Crippen LogP contribution in [0.15, 0.2) is 34.7 Å². The van der Waals surface area contributed by atoms with E-state index >= 15 is 0 Å². The Labute approximate surface area is 171 Å². The third-order valence-corrected chi connectivity index (χ3v) is 4.35. The number of furan rings is 1. The van der Waals surface area contributed by atoms with Crippen molar-refractivity contribution in [1.29, 1.82) is 0 Å². The number of nitrogens with one attached hydrogen (secondary N) is 1. The number of carboxylic acid groups (broad SMARTS) is 1. The van der Waals surface area contributed by atoms with Gasteiger partial charge in [-0.2, -0.15) is 0 Å². The average molecular weight is 419 g/mol. The number of benzene rings is 1. The molecule has 0 aliphatic carbocycles. The number of aryl methyl sites for hydroxylation is 2. The smallest absolute Gasteiger partial charge is 0.293 e. The second-order valence-electron chi connectivity index (χ2n) is 5.82. The van der Waals surface area contributed by atoms with E-state index in [4.69, 9.17) is 23.8 Å². The van der Waals surface area contributed by atoms with Gasteiger partial charge in [-0.25, -0.2) is 0 Å². The molecule has 0 radical (unpaired) electrons. The normalized spacial score (nSPS) is 10.0. The van der Waals surface area contributed by atoms with Gasteiger partial charge in [0, 0.05) is 7.11 Å². The topological polar surface area (TPSA) is 124 Å². The molecule has 1 amide bonds. The number of amides is 1. The molecule has 2 aromatic heterocycles. The van der Waals surface area contributed by atoms with E-state index in [1.807, 2.05) is 26.0 Å². The molecular formula is C19H21N3O6S. The van der Waals surface area contributed by atoms with Crippen molar-refractivity contribution < 1.29 is 28.6 Å². The summed E-state index contributed by atoms with van der Waals surface area (Å²) >= 11 is 1.26. The van der Waals surface area contributed by atoms with Gasteiger partial charge in [-0.1, -0.05) is 29.0 Å². The van der Waals surface area contributed by atoms with E-state index in [2.05, 4.69) is 21.6 Å². The van der Waals surface area contributed by atoms with Gasteiger partial charge in [0.05, 0.1) is 0 Å². The van der Waals surface area contributed by atoms with Crippen LogP contribution in [0.2, 0.25) is 0 Å². The highest BCUT2D eigenvalue weighted by Crippen LogP contribution is 2.22. The minimum Gasteiger partial charge on any atom is -0.486 e. The minimum absolute atomic E-state index is 0.195. The number of carbonyl (C=O) groups excluding carboxylic acids is 1. The van der Waals surface area contributed by atoms with Gasteiger partial charge in [-0.05, 0) is 37.6 Å². The van der Waals surface area contributed by atoms with Crippen LogP contribution in [-0.4, -0.2) is 34.8 Å². The number of ether oxygens (including phenoxy) is 2. The van der Waals surface area contributed by atoms with E-state index < -0.39 is 0 Å². The summed E-state index contributed by atoms with van der Waals surface area (Å²) in [5.41, 5.74) is 2.25. The van der Waals surface area contributed by atoms with Crippen LogP contribution in [0.4, 0.5) is 5.13 Å². The van der Waals surface area contributed by atoms with Crippen LogP contribution in [-0.2, 0) is 22.7 Å². The van der Waals surface area contributed by atoms with E-state index in [9.17, 15) is 4.79 Å². The Hall–Kier alpha value is -3.24. The molecular weight excluding hydrogens is 398 g/mol. The Morgan fingerprint density at radius 2 is 2.00 bits per heavy atom. The van der Waals surface area contributed by atoms with Crippen LogP contribution >= 0.6 is 11.3 Å². The molecule has 0 saturated heterocycles. The van der Waals surface area contributed by atoms with Crippen molar-refractivity contribution in [3.63, 3.8) is 0 Å². The predicted molar refractivity (Wildman–Crippen MR) is 106 cm³/mol. The summed E-state index contributed by atoms with van der Waals surface area (Å²) < 4.78 is 16.1. The Bertz CT molecular complexity index is 953. The highest BCUT2D eigenvalue weighted by atomic mass is 32.1. The summed E-state index contributed by atoms with van der Waals surface area (Å²) in [6, 6.07) is 9.27. The molecule has 29 heavy (non-hydrogen) atoms. The van der Waals surface area contributed by atoms with E-state index in [0.29, 0.717) is 22.5 Å². The largest absolute Gasteiger partial charge is 0.486 e. The predicted octanol–water partition coefficient (Wildman–Crippen LogP) is 3.43. The number of aromatic nitrogens is 2. The minimum atomic E-state index is -0.384. The molecule has 0 aliphatic heterocycles. The lowest BCUT2D eigenvalue weighted by molar-refractivity contribution is -0.122. The van der Waals surface area contributed by atoms with Crippen LogP contribution in [0.5, 0.6) is 5.75 Å². The summed E-state index contributed by atoms with van der Waals surface area (Å²) in [6.45, 7) is 4.38. The molecule has 1 aromatic carbocycles. The van der Waals surface area contributed by atoms with E-state index in [1.165, 1.54) is 16.9 Å². The SMILES string of the molecule is COCc1ccc(C(=O)Nc2nnc(COc3ccc(C)cc3C)s2)o1.O=CO. The van der Waals surface area contributed by atoms with Gasteiger partial charge in [-0.3, -0.25) is 14.9 Å². The summed E-state index contributed by atoms with van der Waals surface area (Å²) in [4.78, 5) is 20.5. The zero-order valence-corrected chi connectivity index (χ0v) is 17.0. The van der Waals surface area contributed by atoms with Gasteiger partial charge in [0.15, 0.2) is 10.8 Å². The molecule has 9 nitrogen and oxygen atoms in total. The highest BCUT2D eigenvalue weighted by molar-refractivity contribution is 7.15. The molecule has 0 aliphatic rings. The average Bonchev–Trinajstić information content (AvgIpc) is 3.32. The molecule has 3 rings (SSSR count). The second-order valence-corrected chi connectivity index (χ2v) is 6.88. The molecule has 0 spiro atoms. The highest BCUT2D eigenvalue weighted by Gasteiger charge is 2.14. The van der Waals surface area contributed by atoms with Crippen LogP contribution in [0, 0.1) is 13.8 Å². The maximum Gasteiger partial charge on any atom is 0.293 e. The van der Waals surface area contributed by atoms with Crippen molar-refractivity contribution in [1.82, 2.24) is 10.2 Å². The molecule has 0 saturated carbocycles. The van der Waals surface area contributed by atoms with Gasteiger partial charge in [0.2, 0.25) is 5.13 Å². The lowest BCUT2D eigenvalue weighted by atomic mass is 10.1.